The van der Waals surface area contributed by atoms with Crippen LogP contribution in [0.3, 0.4) is 0 Å². The Hall–Kier alpha value is -0.890. The molecule has 1 N–H and O–H groups in total. The van der Waals surface area contributed by atoms with Crippen molar-refractivity contribution < 1.29 is 4.39 Å². The minimum atomic E-state index is -0.0970. The zero-order valence-corrected chi connectivity index (χ0v) is 11.8. The minimum absolute atomic E-state index is 0.0970. The van der Waals surface area contributed by atoms with E-state index in [1.165, 1.54) is 43.2 Å². The number of hydrogen-bond acceptors (Lipinski definition) is 1. The molecule has 1 fully saturated rings. The fraction of sp³-hybridized carbons (Fsp3) is 0.647. The summed E-state index contributed by atoms with van der Waals surface area (Å²) in [4.78, 5) is 0. The Labute approximate surface area is 115 Å². The van der Waals surface area contributed by atoms with Gasteiger partial charge in [-0.25, -0.2) is 4.39 Å². The molecule has 0 aromatic heterocycles. The average molecular weight is 261 g/mol. The molecular weight excluding hydrogens is 237 g/mol. The predicted octanol–water partition coefficient (Wildman–Crippen LogP) is 4.37. The third kappa shape index (κ3) is 2.55. The highest BCUT2D eigenvalue weighted by molar-refractivity contribution is 5.34. The van der Waals surface area contributed by atoms with Crippen molar-refractivity contribution in [3.05, 3.63) is 35.1 Å². The Morgan fingerprint density at radius 1 is 1.32 bits per heavy atom. The van der Waals surface area contributed by atoms with Crippen molar-refractivity contribution in [2.45, 2.75) is 57.9 Å². The summed E-state index contributed by atoms with van der Waals surface area (Å²) < 4.78 is 13.2. The summed E-state index contributed by atoms with van der Waals surface area (Å²) in [5, 5.41) is 3.77. The van der Waals surface area contributed by atoms with E-state index in [2.05, 4.69) is 12.2 Å². The molecule has 1 unspecified atom stereocenters. The zero-order valence-electron chi connectivity index (χ0n) is 11.8. The van der Waals surface area contributed by atoms with Crippen molar-refractivity contribution >= 4 is 0 Å². The molecule has 104 valence electrons. The standard InChI is InChI=1S/C17H24FN/c1-2-17(9-3-4-10-17)12-19-16-8-5-13-11-14(18)6-7-15(13)16/h6-7,11,16,19H,2-5,8-10,12H2,1H3. The van der Waals surface area contributed by atoms with E-state index in [9.17, 15) is 4.39 Å². The van der Waals surface area contributed by atoms with Gasteiger partial charge in [-0.2, -0.15) is 0 Å². The first-order chi connectivity index (χ1) is 9.22. The summed E-state index contributed by atoms with van der Waals surface area (Å²) >= 11 is 0. The number of halogens is 1. The van der Waals surface area contributed by atoms with Crippen molar-refractivity contribution in [2.24, 2.45) is 5.41 Å². The summed E-state index contributed by atoms with van der Waals surface area (Å²) in [6, 6.07) is 5.73. The predicted molar refractivity (Wildman–Crippen MR) is 76.7 cm³/mol. The molecule has 0 saturated heterocycles. The lowest BCUT2D eigenvalue weighted by Crippen LogP contribution is -2.33. The maximum absolute atomic E-state index is 13.2. The van der Waals surface area contributed by atoms with Crippen LogP contribution in [0.15, 0.2) is 18.2 Å². The average Bonchev–Trinajstić information content (AvgIpc) is 3.03. The molecule has 0 spiro atoms. The van der Waals surface area contributed by atoms with Crippen LogP contribution in [0.5, 0.6) is 0 Å². The van der Waals surface area contributed by atoms with Gasteiger partial charge in [0.2, 0.25) is 0 Å². The highest BCUT2D eigenvalue weighted by Crippen LogP contribution is 2.41. The maximum Gasteiger partial charge on any atom is 0.123 e. The van der Waals surface area contributed by atoms with Gasteiger partial charge in [0.1, 0.15) is 5.82 Å². The molecule has 1 saturated carbocycles. The highest BCUT2D eigenvalue weighted by atomic mass is 19.1. The van der Waals surface area contributed by atoms with Gasteiger partial charge in [0, 0.05) is 12.6 Å². The number of hydrogen-bond donors (Lipinski definition) is 1. The van der Waals surface area contributed by atoms with Crippen LogP contribution in [0.4, 0.5) is 4.39 Å². The molecule has 1 nitrogen and oxygen atoms in total. The molecule has 1 aromatic rings. The van der Waals surface area contributed by atoms with Gasteiger partial charge in [-0.05, 0) is 60.8 Å². The van der Waals surface area contributed by atoms with Gasteiger partial charge >= 0.3 is 0 Å². The van der Waals surface area contributed by atoms with Crippen LogP contribution >= 0.6 is 0 Å². The molecule has 0 bridgehead atoms. The number of benzene rings is 1. The topological polar surface area (TPSA) is 12.0 Å². The molecule has 2 aliphatic rings. The van der Waals surface area contributed by atoms with E-state index in [1.54, 1.807) is 12.1 Å². The van der Waals surface area contributed by atoms with E-state index >= 15 is 0 Å². The fourth-order valence-corrected chi connectivity index (χ4v) is 3.92. The Balaban J connectivity index is 1.66. The molecule has 2 aliphatic carbocycles. The van der Waals surface area contributed by atoms with Crippen LogP contribution in [0, 0.1) is 11.2 Å². The van der Waals surface area contributed by atoms with Crippen LogP contribution in [0.1, 0.15) is 62.6 Å². The summed E-state index contributed by atoms with van der Waals surface area (Å²) in [6.07, 6.45) is 8.95. The first kappa shape index (κ1) is 13.1. The summed E-state index contributed by atoms with van der Waals surface area (Å²) in [7, 11) is 0. The number of aryl methyl sites for hydroxylation is 1. The maximum atomic E-state index is 13.2. The van der Waals surface area contributed by atoms with Crippen molar-refractivity contribution in [3.8, 4) is 0 Å². The van der Waals surface area contributed by atoms with Crippen LogP contribution < -0.4 is 5.32 Å². The van der Waals surface area contributed by atoms with E-state index < -0.39 is 0 Å². The lowest BCUT2D eigenvalue weighted by Gasteiger charge is -2.30. The second kappa shape index (κ2) is 5.24. The second-order valence-electron chi connectivity index (χ2n) is 6.38. The van der Waals surface area contributed by atoms with Crippen molar-refractivity contribution in [1.29, 1.82) is 0 Å². The quantitative estimate of drug-likeness (QED) is 0.848. The molecule has 0 heterocycles. The monoisotopic (exact) mass is 261 g/mol. The Bertz CT molecular complexity index is 449. The van der Waals surface area contributed by atoms with E-state index in [4.69, 9.17) is 0 Å². The Morgan fingerprint density at radius 2 is 2.11 bits per heavy atom. The van der Waals surface area contributed by atoms with E-state index in [0.29, 0.717) is 11.5 Å². The van der Waals surface area contributed by atoms with Crippen molar-refractivity contribution in [1.82, 2.24) is 5.32 Å². The molecule has 3 rings (SSSR count). The Kier molecular flexibility index (Phi) is 3.62. The number of rotatable bonds is 4. The molecule has 2 heteroatoms. The fourth-order valence-electron chi connectivity index (χ4n) is 3.92. The van der Waals surface area contributed by atoms with E-state index in [0.717, 1.165) is 19.4 Å². The summed E-state index contributed by atoms with van der Waals surface area (Å²) in [6.45, 7) is 3.45. The van der Waals surface area contributed by atoms with Crippen LogP contribution in [0.2, 0.25) is 0 Å². The molecule has 0 amide bonds. The molecule has 0 aliphatic heterocycles. The van der Waals surface area contributed by atoms with Gasteiger partial charge in [0.25, 0.3) is 0 Å². The summed E-state index contributed by atoms with van der Waals surface area (Å²) in [5.74, 6) is -0.0970. The lowest BCUT2D eigenvalue weighted by atomic mass is 9.83. The zero-order chi connectivity index (χ0) is 13.3. The second-order valence-corrected chi connectivity index (χ2v) is 6.38. The number of nitrogens with one attached hydrogen (secondary N) is 1. The molecule has 1 aromatic carbocycles. The third-order valence-corrected chi connectivity index (χ3v) is 5.32. The van der Waals surface area contributed by atoms with Gasteiger partial charge in [-0.1, -0.05) is 25.8 Å². The normalized spacial score (nSPS) is 24.6. The summed E-state index contributed by atoms with van der Waals surface area (Å²) in [5.41, 5.74) is 3.06. The van der Waals surface area contributed by atoms with Crippen LogP contribution in [0.25, 0.3) is 0 Å². The molecule has 19 heavy (non-hydrogen) atoms. The van der Waals surface area contributed by atoms with E-state index in [1.807, 2.05) is 6.07 Å². The smallest absolute Gasteiger partial charge is 0.123 e. The number of fused-ring (bicyclic) bond motifs is 1. The first-order valence-corrected chi connectivity index (χ1v) is 7.74. The molecule has 0 radical (unpaired) electrons. The van der Waals surface area contributed by atoms with Gasteiger partial charge < -0.3 is 5.32 Å². The first-order valence-electron chi connectivity index (χ1n) is 7.74. The van der Waals surface area contributed by atoms with Gasteiger partial charge in [-0.3, -0.25) is 0 Å². The third-order valence-electron chi connectivity index (χ3n) is 5.32. The van der Waals surface area contributed by atoms with Crippen LogP contribution in [-0.2, 0) is 6.42 Å². The lowest BCUT2D eigenvalue weighted by molar-refractivity contribution is 0.255. The minimum Gasteiger partial charge on any atom is -0.309 e. The van der Waals surface area contributed by atoms with Crippen molar-refractivity contribution in [2.75, 3.05) is 6.54 Å². The highest BCUT2D eigenvalue weighted by Gasteiger charge is 2.33. The van der Waals surface area contributed by atoms with Gasteiger partial charge in [0.05, 0.1) is 0 Å². The van der Waals surface area contributed by atoms with Gasteiger partial charge in [-0.15, -0.1) is 0 Å². The van der Waals surface area contributed by atoms with Gasteiger partial charge in [0.15, 0.2) is 0 Å². The van der Waals surface area contributed by atoms with Crippen molar-refractivity contribution in [3.63, 3.8) is 0 Å². The van der Waals surface area contributed by atoms with Crippen LogP contribution in [-0.4, -0.2) is 6.54 Å². The molecular formula is C17H24FN. The largest absolute Gasteiger partial charge is 0.309 e. The SMILES string of the molecule is CCC1(CNC2CCc3cc(F)ccc32)CCCC1. The Morgan fingerprint density at radius 3 is 2.84 bits per heavy atom. The molecule has 1 atom stereocenters. The van der Waals surface area contributed by atoms with E-state index in [-0.39, 0.29) is 5.82 Å².